The predicted octanol–water partition coefficient (Wildman–Crippen LogP) is 4.12. The summed E-state index contributed by atoms with van der Waals surface area (Å²) >= 11 is 1.73. The second-order valence-corrected chi connectivity index (χ2v) is 6.06. The van der Waals surface area contributed by atoms with Gasteiger partial charge in [-0.25, -0.2) is 4.79 Å². The molecule has 1 aromatic heterocycles. The van der Waals surface area contributed by atoms with Gasteiger partial charge in [0.05, 0.1) is 6.26 Å². The van der Waals surface area contributed by atoms with E-state index < -0.39 is 0 Å². The van der Waals surface area contributed by atoms with Crippen LogP contribution in [-0.2, 0) is 6.42 Å². The number of aryl methyl sites for hydroxylation is 1. The number of para-hydroxylation sites is 1. The number of amides is 2. The molecule has 1 aliphatic rings. The molecular weight excluding hydrogens is 284 g/mol. The SMILES string of the molecule is CCc1ccccc1NC(=O)N1CCS[C@@H]1c1ccco1. The molecule has 2 aromatic rings. The van der Waals surface area contributed by atoms with E-state index in [4.69, 9.17) is 4.42 Å². The number of nitrogens with zero attached hydrogens (tertiary/aromatic N) is 1. The van der Waals surface area contributed by atoms with Gasteiger partial charge < -0.3 is 14.6 Å². The molecule has 2 heterocycles. The standard InChI is InChI=1S/C16H18N2O2S/c1-2-12-6-3-4-7-13(12)17-16(19)18-9-11-21-15(18)14-8-5-10-20-14/h3-8,10,15H,2,9,11H2,1H3,(H,17,19)/t15-/m1/s1. The summed E-state index contributed by atoms with van der Waals surface area (Å²) < 4.78 is 5.45. The van der Waals surface area contributed by atoms with Gasteiger partial charge in [0.1, 0.15) is 11.1 Å². The number of rotatable bonds is 3. The molecule has 5 heteroatoms. The van der Waals surface area contributed by atoms with Crippen LogP contribution < -0.4 is 5.32 Å². The highest BCUT2D eigenvalue weighted by Gasteiger charge is 2.32. The highest BCUT2D eigenvalue weighted by Crippen LogP contribution is 2.38. The Kier molecular flexibility index (Phi) is 4.20. The first-order valence-corrected chi connectivity index (χ1v) is 8.15. The Bertz CT molecular complexity index is 612. The highest BCUT2D eigenvalue weighted by molar-refractivity contribution is 7.99. The molecule has 1 aliphatic heterocycles. The maximum atomic E-state index is 12.5. The van der Waals surface area contributed by atoms with E-state index in [-0.39, 0.29) is 11.4 Å². The number of anilines is 1. The lowest BCUT2D eigenvalue weighted by Crippen LogP contribution is -2.34. The van der Waals surface area contributed by atoms with Gasteiger partial charge in [-0.15, -0.1) is 11.8 Å². The molecule has 2 amide bonds. The molecule has 0 unspecified atom stereocenters. The molecule has 1 N–H and O–H groups in total. The predicted molar refractivity (Wildman–Crippen MR) is 85.5 cm³/mol. The zero-order chi connectivity index (χ0) is 14.7. The topological polar surface area (TPSA) is 45.5 Å². The van der Waals surface area contributed by atoms with Crippen LogP contribution in [0, 0.1) is 0 Å². The van der Waals surface area contributed by atoms with Crippen LogP contribution in [0.4, 0.5) is 10.5 Å². The number of hydrogen-bond acceptors (Lipinski definition) is 3. The molecule has 1 aromatic carbocycles. The van der Waals surface area contributed by atoms with Crippen LogP contribution in [0.5, 0.6) is 0 Å². The Labute approximate surface area is 128 Å². The van der Waals surface area contributed by atoms with Crippen LogP contribution in [0.1, 0.15) is 23.6 Å². The lowest BCUT2D eigenvalue weighted by molar-refractivity contribution is 0.209. The number of urea groups is 1. The largest absolute Gasteiger partial charge is 0.466 e. The van der Waals surface area contributed by atoms with Crippen molar-refractivity contribution >= 4 is 23.5 Å². The molecule has 0 spiro atoms. The van der Waals surface area contributed by atoms with E-state index in [1.54, 1.807) is 18.0 Å². The van der Waals surface area contributed by atoms with Gasteiger partial charge in [-0.2, -0.15) is 0 Å². The first-order valence-electron chi connectivity index (χ1n) is 7.10. The van der Waals surface area contributed by atoms with Crippen molar-refractivity contribution in [3.8, 4) is 0 Å². The molecule has 0 bridgehead atoms. The lowest BCUT2D eigenvalue weighted by atomic mass is 10.1. The first-order chi connectivity index (χ1) is 10.3. The summed E-state index contributed by atoms with van der Waals surface area (Å²) in [4.78, 5) is 14.4. The monoisotopic (exact) mass is 302 g/mol. The Morgan fingerprint density at radius 3 is 3.00 bits per heavy atom. The normalized spacial score (nSPS) is 18.0. The minimum Gasteiger partial charge on any atom is -0.466 e. The first kappa shape index (κ1) is 14.1. The molecule has 0 aliphatic carbocycles. The van der Waals surface area contributed by atoms with Crippen molar-refractivity contribution in [1.82, 2.24) is 4.90 Å². The molecule has 110 valence electrons. The van der Waals surface area contributed by atoms with Crippen molar-refractivity contribution in [3.05, 3.63) is 54.0 Å². The van der Waals surface area contributed by atoms with Crippen molar-refractivity contribution in [2.45, 2.75) is 18.7 Å². The van der Waals surface area contributed by atoms with Gasteiger partial charge in [0.15, 0.2) is 0 Å². The quantitative estimate of drug-likeness (QED) is 0.927. The van der Waals surface area contributed by atoms with Gasteiger partial charge in [-0.05, 0) is 30.2 Å². The van der Waals surface area contributed by atoms with Gasteiger partial charge >= 0.3 is 6.03 Å². The van der Waals surface area contributed by atoms with Crippen molar-refractivity contribution in [1.29, 1.82) is 0 Å². The van der Waals surface area contributed by atoms with E-state index >= 15 is 0 Å². The number of benzene rings is 1. The summed E-state index contributed by atoms with van der Waals surface area (Å²) in [5.74, 6) is 1.75. The second kappa shape index (κ2) is 6.26. The molecule has 1 saturated heterocycles. The van der Waals surface area contributed by atoms with E-state index in [0.717, 1.165) is 35.7 Å². The Hall–Kier alpha value is -1.88. The minimum atomic E-state index is -0.0673. The van der Waals surface area contributed by atoms with Crippen molar-refractivity contribution in [2.75, 3.05) is 17.6 Å². The van der Waals surface area contributed by atoms with Crippen LogP contribution in [0.3, 0.4) is 0 Å². The number of furan rings is 1. The van der Waals surface area contributed by atoms with Gasteiger partial charge in [0.25, 0.3) is 0 Å². The molecule has 1 atom stereocenters. The minimum absolute atomic E-state index is 0.0335. The smallest absolute Gasteiger partial charge is 0.323 e. The van der Waals surface area contributed by atoms with Crippen molar-refractivity contribution in [3.63, 3.8) is 0 Å². The van der Waals surface area contributed by atoms with Crippen LogP contribution in [-0.4, -0.2) is 23.2 Å². The summed E-state index contributed by atoms with van der Waals surface area (Å²) in [5, 5.41) is 2.99. The average molecular weight is 302 g/mol. The second-order valence-electron chi connectivity index (χ2n) is 4.87. The third kappa shape index (κ3) is 2.93. The average Bonchev–Trinajstić information content (AvgIpc) is 3.18. The third-order valence-corrected chi connectivity index (χ3v) is 4.80. The maximum absolute atomic E-state index is 12.5. The summed E-state index contributed by atoms with van der Waals surface area (Å²) in [6.07, 6.45) is 2.55. The molecular formula is C16H18N2O2S. The fraction of sp³-hybridized carbons (Fsp3) is 0.312. The number of carbonyl (C=O) groups excluding carboxylic acids is 1. The molecule has 21 heavy (non-hydrogen) atoms. The number of carbonyl (C=O) groups is 1. The van der Waals surface area contributed by atoms with Gasteiger partial charge in [0.2, 0.25) is 0 Å². The molecule has 1 fully saturated rings. The van der Waals surface area contributed by atoms with Crippen LogP contribution in [0.25, 0.3) is 0 Å². The highest BCUT2D eigenvalue weighted by atomic mass is 32.2. The van der Waals surface area contributed by atoms with Crippen molar-refractivity contribution < 1.29 is 9.21 Å². The summed E-state index contributed by atoms with van der Waals surface area (Å²) in [6, 6.07) is 11.6. The Morgan fingerprint density at radius 1 is 1.38 bits per heavy atom. The van der Waals surface area contributed by atoms with Gasteiger partial charge in [-0.3, -0.25) is 0 Å². The lowest BCUT2D eigenvalue weighted by Gasteiger charge is -2.23. The van der Waals surface area contributed by atoms with Crippen LogP contribution >= 0.6 is 11.8 Å². The van der Waals surface area contributed by atoms with E-state index in [0.29, 0.717) is 0 Å². The Balaban J connectivity index is 1.75. The number of nitrogens with one attached hydrogen (secondary N) is 1. The van der Waals surface area contributed by atoms with Crippen LogP contribution in [0.15, 0.2) is 47.1 Å². The van der Waals surface area contributed by atoms with Gasteiger partial charge in [-0.1, -0.05) is 25.1 Å². The summed E-state index contributed by atoms with van der Waals surface area (Å²) in [5.41, 5.74) is 2.03. The van der Waals surface area contributed by atoms with Crippen LogP contribution in [0.2, 0.25) is 0 Å². The zero-order valence-corrected chi connectivity index (χ0v) is 12.7. The van der Waals surface area contributed by atoms with Gasteiger partial charge in [0, 0.05) is 18.0 Å². The molecule has 4 nitrogen and oxygen atoms in total. The fourth-order valence-electron chi connectivity index (χ4n) is 2.48. The van der Waals surface area contributed by atoms with E-state index in [2.05, 4.69) is 12.2 Å². The van der Waals surface area contributed by atoms with Crippen molar-refractivity contribution in [2.24, 2.45) is 0 Å². The van der Waals surface area contributed by atoms with E-state index in [1.165, 1.54) is 0 Å². The summed E-state index contributed by atoms with van der Waals surface area (Å²) in [7, 11) is 0. The molecule has 0 saturated carbocycles. The zero-order valence-electron chi connectivity index (χ0n) is 11.9. The summed E-state index contributed by atoms with van der Waals surface area (Å²) in [6.45, 7) is 2.82. The number of thioether (sulfide) groups is 1. The molecule has 3 rings (SSSR count). The molecule has 0 radical (unpaired) electrons. The number of hydrogen-bond donors (Lipinski definition) is 1. The Morgan fingerprint density at radius 2 is 2.24 bits per heavy atom. The third-order valence-electron chi connectivity index (χ3n) is 3.58. The van der Waals surface area contributed by atoms with E-state index in [9.17, 15) is 4.79 Å². The van der Waals surface area contributed by atoms with E-state index in [1.807, 2.05) is 41.3 Å². The maximum Gasteiger partial charge on any atom is 0.323 e. The fourth-order valence-corrected chi connectivity index (χ4v) is 3.69.